The standard InChI is InChI=1S/C20H20O/c1-4-5-12-20(16(3)21)18-11-8-10-17(14-18)19-13-7-6-9-15(19)2/h4-14,21H,1H2,2-3H3/b12-5-,20-16-. The van der Waals surface area contributed by atoms with E-state index in [9.17, 15) is 5.11 Å². The van der Waals surface area contributed by atoms with Crippen LogP contribution in [0.25, 0.3) is 16.7 Å². The summed E-state index contributed by atoms with van der Waals surface area (Å²) in [5, 5.41) is 9.90. The lowest BCUT2D eigenvalue weighted by Crippen LogP contribution is -1.88. The molecule has 0 bridgehead atoms. The van der Waals surface area contributed by atoms with Crippen LogP contribution in [0.15, 0.2) is 79.1 Å². The molecule has 0 aliphatic rings. The summed E-state index contributed by atoms with van der Waals surface area (Å²) < 4.78 is 0. The molecule has 2 aromatic rings. The van der Waals surface area contributed by atoms with Gasteiger partial charge in [0.2, 0.25) is 0 Å². The minimum absolute atomic E-state index is 0.301. The third-order valence-corrected chi connectivity index (χ3v) is 3.42. The molecule has 2 aromatic carbocycles. The molecule has 1 nitrogen and oxygen atoms in total. The molecule has 21 heavy (non-hydrogen) atoms. The van der Waals surface area contributed by atoms with Crippen LogP contribution >= 0.6 is 0 Å². The first-order chi connectivity index (χ1) is 10.1. The van der Waals surface area contributed by atoms with E-state index in [0.717, 1.165) is 16.7 Å². The summed E-state index contributed by atoms with van der Waals surface area (Å²) in [6.07, 6.45) is 5.41. The first-order valence-corrected chi connectivity index (χ1v) is 6.99. The molecule has 0 fully saturated rings. The highest BCUT2D eigenvalue weighted by Gasteiger charge is 2.06. The predicted molar refractivity (Wildman–Crippen MR) is 91.2 cm³/mol. The van der Waals surface area contributed by atoms with E-state index in [1.165, 1.54) is 11.1 Å². The highest BCUT2D eigenvalue weighted by atomic mass is 16.3. The van der Waals surface area contributed by atoms with Crippen LogP contribution in [0.2, 0.25) is 0 Å². The van der Waals surface area contributed by atoms with Crippen molar-refractivity contribution >= 4 is 5.57 Å². The molecule has 0 saturated heterocycles. The Labute approximate surface area is 126 Å². The second-order valence-electron chi connectivity index (χ2n) is 4.99. The quantitative estimate of drug-likeness (QED) is 0.561. The molecule has 1 N–H and O–H groups in total. The van der Waals surface area contributed by atoms with Gasteiger partial charge in [-0.1, -0.05) is 67.3 Å². The lowest BCUT2D eigenvalue weighted by atomic mass is 9.96. The summed E-state index contributed by atoms with van der Waals surface area (Å²) in [5.74, 6) is 0.301. The molecule has 0 amide bonds. The average molecular weight is 276 g/mol. The number of hydrogen-bond acceptors (Lipinski definition) is 1. The molecule has 0 atom stereocenters. The van der Waals surface area contributed by atoms with Crippen molar-refractivity contribution in [3.8, 4) is 11.1 Å². The van der Waals surface area contributed by atoms with Gasteiger partial charge >= 0.3 is 0 Å². The highest BCUT2D eigenvalue weighted by molar-refractivity contribution is 5.79. The van der Waals surface area contributed by atoms with Crippen LogP contribution in [-0.4, -0.2) is 5.11 Å². The van der Waals surface area contributed by atoms with Gasteiger partial charge in [-0.15, -0.1) is 0 Å². The highest BCUT2D eigenvalue weighted by Crippen LogP contribution is 2.27. The van der Waals surface area contributed by atoms with Gasteiger partial charge in [0.15, 0.2) is 0 Å². The van der Waals surface area contributed by atoms with Gasteiger partial charge in [-0.05, 0) is 42.2 Å². The minimum atomic E-state index is 0.301. The number of hydrogen-bond donors (Lipinski definition) is 1. The maximum absolute atomic E-state index is 9.90. The van der Waals surface area contributed by atoms with Gasteiger partial charge in [-0.2, -0.15) is 0 Å². The summed E-state index contributed by atoms with van der Waals surface area (Å²) in [7, 11) is 0. The SMILES string of the molecule is C=C/C=C\C(=C(/C)O)c1cccc(-c2ccccc2C)c1. The number of aliphatic hydroxyl groups excluding tert-OH is 1. The van der Waals surface area contributed by atoms with Crippen molar-refractivity contribution in [2.75, 3.05) is 0 Å². The van der Waals surface area contributed by atoms with Crippen molar-refractivity contribution in [2.24, 2.45) is 0 Å². The molecule has 0 aromatic heterocycles. The fraction of sp³-hybridized carbons (Fsp3) is 0.100. The summed E-state index contributed by atoms with van der Waals surface area (Å²) in [4.78, 5) is 0. The fourth-order valence-electron chi connectivity index (χ4n) is 2.34. The van der Waals surface area contributed by atoms with Crippen LogP contribution in [0.4, 0.5) is 0 Å². The monoisotopic (exact) mass is 276 g/mol. The Morgan fingerprint density at radius 1 is 1.10 bits per heavy atom. The van der Waals surface area contributed by atoms with Gasteiger partial charge in [0.05, 0.1) is 5.76 Å². The molecule has 106 valence electrons. The molecule has 0 radical (unpaired) electrons. The summed E-state index contributed by atoms with van der Waals surface area (Å²) >= 11 is 0. The Morgan fingerprint density at radius 2 is 1.86 bits per heavy atom. The molecular weight excluding hydrogens is 256 g/mol. The third kappa shape index (κ3) is 3.51. The lowest BCUT2D eigenvalue weighted by molar-refractivity contribution is 0.417. The number of rotatable bonds is 4. The van der Waals surface area contributed by atoms with Crippen LogP contribution in [0, 0.1) is 6.92 Å². The van der Waals surface area contributed by atoms with Gasteiger partial charge in [0, 0.05) is 5.57 Å². The second-order valence-corrected chi connectivity index (χ2v) is 4.99. The van der Waals surface area contributed by atoms with Crippen molar-refractivity contribution in [1.82, 2.24) is 0 Å². The van der Waals surface area contributed by atoms with E-state index in [-0.39, 0.29) is 0 Å². The molecule has 2 rings (SSSR count). The first kappa shape index (κ1) is 14.9. The van der Waals surface area contributed by atoms with Crippen LogP contribution in [0.5, 0.6) is 0 Å². The zero-order chi connectivity index (χ0) is 15.2. The third-order valence-electron chi connectivity index (χ3n) is 3.42. The van der Waals surface area contributed by atoms with Crippen molar-refractivity contribution in [3.63, 3.8) is 0 Å². The molecule has 0 spiro atoms. The van der Waals surface area contributed by atoms with Crippen LogP contribution < -0.4 is 0 Å². The topological polar surface area (TPSA) is 20.2 Å². The Balaban J connectivity index is 2.52. The lowest BCUT2D eigenvalue weighted by Gasteiger charge is -2.09. The van der Waals surface area contributed by atoms with E-state index >= 15 is 0 Å². The first-order valence-electron chi connectivity index (χ1n) is 6.99. The van der Waals surface area contributed by atoms with Crippen molar-refractivity contribution < 1.29 is 5.11 Å². The van der Waals surface area contributed by atoms with E-state index in [0.29, 0.717) is 5.76 Å². The molecular formula is C20H20O. The Hall–Kier alpha value is -2.54. The van der Waals surface area contributed by atoms with E-state index in [1.807, 2.05) is 36.4 Å². The summed E-state index contributed by atoms with van der Waals surface area (Å²) in [5.41, 5.74) is 5.40. The van der Waals surface area contributed by atoms with Gasteiger partial charge < -0.3 is 5.11 Å². The van der Waals surface area contributed by atoms with Crippen LogP contribution in [0.3, 0.4) is 0 Å². The Morgan fingerprint density at radius 3 is 2.52 bits per heavy atom. The van der Waals surface area contributed by atoms with Gasteiger partial charge in [0.1, 0.15) is 0 Å². The molecule has 0 aliphatic carbocycles. The zero-order valence-corrected chi connectivity index (χ0v) is 12.5. The van der Waals surface area contributed by atoms with E-state index in [2.05, 4.69) is 37.8 Å². The average Bonchev–Trinajstić information content (AvgIpc) is 2.48. The summed E-state index contributed by atoms with van der Waals surface area (Å²) in [6, 6.07) is 16.5. The smallest absolute Gasteiger partial charge is 0.0969 e. The molecule has 0 aliphatic heterocycles. The Bertz CT molecular complexity index is 701. The molecule has 0 saturated carbocycles. The number of benzene rings is 2. The normalized spacial score (nSPS) is 12.3. The predicted octanol–water partition coefficient (Wildman–Crippen LogP) is 5.69. The van der Waals surface area contributed by atoms with E-state index in [1.54, 1.807) is 13.0 Å². The van der Waals surface area contributed by atoms with Gasteiger partial charge in [-0.3, -0.25) is 0 Å². The molecule has 1 heteroatoms. The van der Waals surface area contributed by atoms with Crippen LogP contribution in [-0.2, 0) is 0 Å². The zero-order valence-electron chi connectivity index (χ0n) is 12.5. The maximum atomic E-state index is 9.90. The van der Waals surface area contributed by atoms with E-state index in [4.69, 9.17) is 0 Å². The number of allylic oxidation sites excluding steroid dienone is 5. The molecule has 0 heterocycles. The second kappa shape index (κ2) is 6.76. The van der Waals surface area contributed by atoms with Gasteiger partial charge in [0.25, 0.3) is 0 Å². The maximum Gasteiger partial charge on any atom is 0.0969 e. The van der Waals surface area contributed by atoms with Crippen LogP contribution in [0.1, 0.15) is 18.1 Å². The molecule has 0 unspecified atom stereocenters. The van der Waals surface area contributed by atoms with Crippen molar-refractivity contribution in [2.45, 2.75) is 13.8 Å². The fourth-order valence-corrected chi connectivity index (χ4v) is 2.34. The van der Waals surface area contributed by atoms with Gasteiger partial charge in [-0.25, -0.2) is 0 Å². The number of aliphatic hydroxyl groups is 1. The van der Waals surface area contributed by atoms with Crippen molar-refractivity contribution in [1.29, 1.82) is 0 Å². The number of aryl methyl sites for hydroxylation is 1. The van der Waals surface area contributed by atoms with Crippen molar-refractivity contribution in [3.05, 3.63) is 90.2 Å². The Kier molecular flexibility index (Phi) is 4.78. The largest absolute Gasteiger partial charge is 0.512 e. The van der Waals surface area contributed by atoms with E-state index < -0.39 is 0 Å². The summed E-state index contributed by atoms with van der Waals surface area (Å²) in [6.45, 7) is 7.47. The minimum Gasteiger partial charge on any atom is -0.512 e.